The van der Waals surface area contributed by atoms with Crippen LogP contribution in [0.25, 0.3) is 0 Å². The summed E-state index contributed by atoms with van der Waals surface area (Å²) in [4.78, 5) is 40.0. The Bertz CT molecular complexity index is 552. The number of amides is 2. The number of piperazine rings is 1. The van der Waals surface area contributed by atoms with Gasteiger partial charge >= 0.3 is 12.1 Å². The normalized spacial score (nSPS) is 31.7. The van der Waals surface area contributed by atoms with E-state index in [1.165, 1.54) is 7.11 Å². The first-order chi connectivity index (χ1) is 11.1. The van der Waals surface area contributed by atoms with Crippen molar-refractivity contribution in [2.75, 3.05) is 33.3 Å². The summed E-state index contributed by atoms with van der Waals surface area (Å²) in [7, 11) is 1.40. The Morgan fingerprint density at radius 1 is 0.875 bits per heavy atom. The van der Waals surface area contributed by atoms with Gasteiger partial charge in [-0.25, -0.2) is 4.79 Å². The fraction of sp³-hybridized carbons (Fsp3) is 0.824. The minimum atomic E-state index is -0.516. The summed E-state index contributed by atoms with van der Waals surface area (Å²) in [6.07, 6.45) is 1.50. The first-order valence-corrected chi connectivity index (χ1v) is 8.47. The van der Waals surface area contributed by atoms with E-state index >= 15 is 0 Å². The maximum Gasteiger partial charge on any atom is 0.410 e. The van der Waals surface area contributed by atoms with Gasteiger partial charge in [-0.2, -0.15) is 0 Å². The number of carbonyl (C=O) groups is 3. The fourth-order valence-corrected chi connectivity index (χ4v) is 4.20. The van der Waals surface area contributed by atoms with Gasteiger partial charge in [-0.1, -0.05) is 0 Å². The first-order valence-electron chi connectivity index (χ1n) is 8.47. The number of nitrogens with zero attached hydrogens (tertiary/aromatic N) is 2. The van der Waals surface area contributed by atoms with Crippen molar-refractivity contribution in [1.82, 2.24) is 9.80 Å². The number of hydrogen-bond donors (Lipinski definition) is 0. The summed E-state index contributed by atoms with van der Waals surface area (Å²) in [6.45, 7) is 7.52. The van der Waals surface area contributed by atoms with E-state index in [1.54, 1.807) is 4.90 Å². The zero-order valence-corrected chi connectivity index (χ0v) is 14.9. The van der Waals surface area contributed by atoms with Crippen molar-refractivity contribution in [3.8, 4) is 0 Å². The highest BCUT2D eigenvalue weighted by atomic mass is 16.6. The number of esters is 1. The summed E-state index contributed by atoms with van der Waals surface area (Å²) in [6, 6.07) is 0. The Labute approximate surface area is 142 Å². The summed E-state index contributed by atoms with van der Waals surface area (Å²) in [5, 5.41) is 0. The Hall–Kier alpha value is -1.79. The zero-order valence-electron chi connectivity index (χ0n) is 14.9. The predicted octanol–water partition coefficient (Wildman–Crippen LogP) is 1.41. The predicted molar refractivity (Wildman–Crippen MR) is 85.1 cm³/mol. The molecular weight excluding hydrogens is 312 g/mol. The van der Waals surface area contributed by atoms with Crippen LogP contribution in [0.1, 0.15) is 40.0 Å². The van der Waals surface area contributed by atoms with Gasteiger partial charge in [0.1, 0.15) is 5.60 Å². The molecule has 1 heterocycles. The van der Waals surface area contributed by atoms with Gasteiger partial charge in [0.05, 0.1) is 17.9 Å². The van der Waals surface area contributed by atoms with E-state index in [9.17, 15) is 14.4 Å². The van der Waals surface area contributed by atoms with Crippen LogP contribution >= 0.6 is 0 Å². The van der Waals surface area contributed by atoms with E-state index in [-0.39, 0.29) is 23.4 Å². The molecule has 134 valence electrons. The molecule has 3 saturated carbocycles. The molecular formula is C17H26N2O5. The van der Waals surface area contributed by atoms with Crippen molar-refractivity contribution < 1.29 is 23.9 Å². The molecule has 4 aliphatic rings. The van der Waals surface area contributed by atoms with Crippen LogP contribution in [0.4, 0.5) is 4.79 Å². The van der Waals surface area contributed by atoms with E-state index < -0.39 is 11.0 Å². The molecule has 4 rings (SSSR count). The van der Waals surface area contributed by atoms with Crippen LogP contribution in [0, 0.1) is 10.8 Å². The number of ether oxygens (including phenoxy) is 2. The third-order valence-electron chi connectivity index (χ3n) is 5.32. The Kier molecular flexibility index (Phi) is 3.81. The van der Waals surface area contributed by atoms with Crippen molar-refractivity contribution in [2.24, 2.45) is 10.8 Å². The molecule has 0 aromatic rings. The first kappa shape index (κ1) is 17.0. The second kappa shape index (κ2) is 5.36. The molecule has 7 nitrogen and oxygen atoms in total. The summed E-state index contributed by atoms with van der Waals surface area (Å²) < 4.78 is 10.2. The van der Waals surface area contributed by atoms with Crippen molar-refractivity contribution in [1.29, 1.82) is 0 Å². The second-order valence-corrected chi connectivity index (χ2v) is 8.34. The maximum atomic E-state index is 12.7. The number of rotatable bonds is 2. The van der Waals surface area contributed by atoms with Crippen LogP contribution in [-0.4, -0.2) is 66.7 Å². The van der Waals surface area contributed by atoms with Gasteiger partial charge in [0.25, 0.3) is 0 Å². The standard InChI is InChI=1S/C17H26N2O5/c1-15(2,3)24-14(22)19-7-5-18(6-8-19)12(20)16-9-17(10-16,11-16)13(21)23-4/h5-11H2,1-4H3. The fourth-order valence-electron chi connectivity index (χ4n) is 4.20. The SMILES string of the molecule is COC(=O)C12CC(C(=O)N3CCN(C(=O)OC(C)(C)C)CC3)(C1)C2. The van der Waals surface area contributed by atoms with Gasteiger partial charge in [0, 0.05) is 26.2 Å². The Morgan fingerprint density at radius 3 is 1.83 bits per heavy atom. The average molecular weight is 338 g/mol. The van der Waals surface area contributed by atoms with Crippen molar-refractivity contribution >= 4 is 18.0 Å². The van der Waals surface area contributed by atoms with Gasteiger partial charge in [0.2, 0.25) is 5.91 Å². The van der Waals surface area contributed by atoms with Crippen LogP contribution in [0.5, 0.6) is 0 Å². The lowest BCUT2D eigenvalue weighted by Crippen LogP contribution is -2.72. The smallest absolute Gasteiger partial charge is 0.410 e. The lowest BCUT2D eigenvalue weighted by Gasteiger charge is -2.67. The molecule has 24 heavy (non-hydrogen) atoms. The van der Waals surface area contributed by atoms with Crippen LogP contribution in [0.15, 0.2) is 0 Å². The highest BCUT2D eigenvalue weighted by molar-refractivity contribution is 5.94. The van der Waals surface area contributed by atoms with Crippen LogP contribution in [0.2, 0.25) is 0 Å². The van der Waals surface area contributed by atoms with E-state index in [0.717, 1.165) is 0 Å². The molecule has 0 aromatic carbocycles. The molecule has 0 spiro atoms. The van der Waals surface area contributed by atoms with Gasteiger partial charge in [-0.3, -0.25) is 9.59 Å². The topological polar surface area (TPSA) is 76.2 Å². The quantitative estimate of drug-likeness (QED) is 0.712. The van der Waals surface area contributed by atoms with Gasteiger partial charge in [-0.15, -0.1) is 0 Å². The average Bonchev–Trinajstić information content (AvgIpc) is 2.42. The molecule has 0 aromatic heterocycles. The van der Waals surface area contributed by atoms with Gasteiger partial charge in [-0.05, 0) is 40.0 Å². The van der Waals surface area contributed by atoms with E-state index in [1.807, 2.05) is 25.7 Å². The second-order valence-electron chi connectivity index (χ2n) is 8.34. The van der Waals surface area contributed by atoms with Crippen molar-refractivity contribution in [3.05, 3.63) is 0 Å². The van der Waals surface area contributed by atoms with Crippen LogP contribution in [-0.2, 0) is 19.1 Å². The molecule has 2 bridgehead atoms. The lowest BCUT2D eigenvalue weighted by molar-refractivity contribution is -0.228. The molecule has 3 aliphatic carbocycles. The van der Waals surface area contributed by atoms with E-state index in [0.29, 0.717) is 45.4 Å². The van der Waals surface area contributed by atoms with Crippen LogP contribution < -0.4 is 0 Å². The monoisotopic (exact) mass is 338 g/mol. The third kappa shape index (κ3) is 2.63. The van der Waals surface area contributed by atoms with Crippen molar-refractivity contribution in [2.45, 2.75) is 45.6 Å². The zero-order chi connectivity index (χ0) is 17.8. The molecule has 7 heteroatoms. The summed E-state index contributed by atoms with van der Waals surface area (Å²) in [5.74, 6) is -0.0657. The minimum Gasteiger partial charge on any atom is -0.469 e. The molecule has 1 saturated heterocycles. The van der Waals surface area contributed by atoms with E-state index in [2.05, 4.69) is 0 Å². The highest BCUT2D eigenvalue weighted by Crippen LogP contribution is 2.74. The number of methoxy groups -OCH3 is 1. The number of hydrogen-bond acceptors (Lipinski definition) is 5. The lowest BCUT2D eigenvalue weighted by atomic mass is 9.34. The Balaban J connectivity index is 1.49. The highest BCUT2D eigenvalue weighted by Gasteiger charge is 2.76. The molecule has 0 unspecified atom stereocenters. The third-order valence-corrected chi connectivity index (χ3v) is 5.32. The molecule has 0 radical (unpaired) electrons. The summed E-state index contributed by atoms with van der Waals surface area (Å²) in [5.41, 5.74) is -1.27. The van der Waals surface area contributed by atoms with Crippen LogP contribution in [0.3, 0.4) is 0 Å². The Morgan fingerprint density at radius 2 is 1.38 bits per heavy atom. The maximum absolute atomic E-state index is 12.7. The van der Waals surface area contributed by atoms with Crippen molar-refractivity contribution in [3.63, 3.8) is 0 Å². The molecule has 0 N–H and O–H groups in total. The summed E-state index contributed by atoms with van der Waals surface area (Å²) >= 11 is 0. The molecule has 0 atom stereocenters. The van der Waals surface area contributed by atoms with E-state index in [4.69, 9.17) is 9.47 Å². The number of carbonyl (C=O) groups excluding carboxylic acids is 3. The molecule has 1 aliphatic heterocycles. The van der Waals surface area contributed by atoms with Gasteiger partial charge < -0.3 is 19.3 Å². The molecule has 2 amide bonds. The minimum absolute atomic E-state index is 0.122. The largest absolute Gasteiger partial charge is 0.469 e. The van der Waals surface area contributed by atoms with Gasteiger partial charge in [0.15, 0.2) is 0 Å². The molecule has 4 fully saturated rings.